The van der Waals surface area contributed by atoms with Crippen LogP contribution in [0.2, 0.25) is 0 Å². The standard InChI is InChI=1S/C26H26F2N6O4S/c1-34(9-10-38-2)23-6-4-5-19(33-23)20-8-7-16-13-29-18(12-21(16)32-20)15-31-26(35)17-11-22(39(3,36)37)24(25(27)28)30-14-17/h4-8,11-14,25H,9-10,15H2,1-3H3,(H,31,35). The summed E-state index contributed by atoms with van der Waals surface area (Å²) < 4.78 is 55.3. The summed E-state index contributed by atoms with van der Waals surface area (Å²) in [5.41, 5.74) is 1.41. The van der Waals surface area contributed by atoms with Crippen molar-refractivity contribution < 1.29 is 26.7 Å². The lowest BCUT2D eigenvalue weighted by Crippen LogP contribution is -2.24. The van der Waals surface area contributed by atoms with Crippen molar-refractivity contribution in [1.29, 1.82) is 0 Å². The predicted molar refractivity (Wildman–Crippen MR) is 141 cm³/mol. The van der Waals surface area contributed by atoms with Gasteiger partial charge in [0, 0.05) is 44.7 Å². The number of halogens is 2. The van der Waals surface area contributed by atoms with Crippen LogP contribution in [0.3, 0.4) is 0 Å². The minimum absolute atomic E-state index is 0.0104. The number of nitrogens with one attached hydrogen (secondary N) is 1. The molecule has 0 radical (unpaired) electrons. The van der Waals surface area contributed by atoms with Gasteiger partial charge in [-0.2, -0.15) is 0 Å². The maximum atomic E-state index is 13.2. The van der Waals surface area contributed by atoms with Crippen molar-refractivity contribution in [3.63, 3.8) is 0 Å². The van der Waals surface area contributed by atoms with Crippen LogP contribution >= 0.6 is 0 Å². The molecule has 1 amide bonds. The number of carbonyl (C=O) groups excluding carboxylic acids is 1. The summed E-state index contributed by atoms with van der Waals surface area (Å²) in [6, 6.07) is 12.0. The smallest absolute Gasteiger partial charge is 0.281 e. The Balaban J connectivity index is 1.53. The number of alkyl halides is 2. The van der Waals surface area contributed by atoms with Gasteiger partial charge in [-0.3, -0.25) is 14.8 Å². The number of carbonyl (C=O) groups is 1. The summed E-state index contributed by atoms with van der Waals surface area (Å²) in [5, 5.41) is 3.39. The van der Waals surface area contributed by atoms with Crippen molar-refractivity contribution in [3.8, 4) is 11.4 Å². The fourth-order valence-corrected chi connectivity index (χ4v) is 4.59. The Morgan fingerprint density at radius 3 is 2.56 bits per heavy atom. The highest BCUT2D eigenvalue weighted by atomic mass is 32.2. The summed E-state index contributed by atoms with van der Waals surface area (Å²) in [6.45, 7) is 1.24. The Hall–Kier alpha value is -4.10. The Kier molecular flexibility index (Phi) is 8.41. The monoisotopic (exact) mass is 556 g/mol. The third-order valence-corrected chi connectivity index (χ3v) is 6.96. The van der Waals surface area contributed by atoms with E-state index in [0.29, 0.717) is 35.8 Å². The highest BCUT2D eigenvalue weighted by Gasteiger charge is 2.23. The predicted octanol–water partition coefficient (Wildman–Crippen LogP) is 3.44. The Morgan fingerprint density at radius 1 is 1.08 bits per heavy atom. The van der Waals surface area contributed by atoms with E-state index in [-0.39, 0.29) is 12.1 Å². The van der Waals surface area contributed by atoms with Gasteiger partial charge in [0.05, 0.1) is 46.2 Å². The number of methoxy groups -OCH3 is 1. The quantitative estimate of drug-likeness (QED) is 0.312. The summed E-state index contributed by atoms with van der Waals surface area (Å²) in [5.74, 6) is 0.0927. The first-order chi connectivity index (χ1) is 18.6. The maximum Gasteiger partial charge on any atom is 0.281 e. The summed E-state index contributed by atoms with van der Waals surface area (Å²) >= 11 is 0. The number of nitrogens with zero attached hydrogens (tertiary/aromatic N) is 5. The molecular formula is C26H26F2N6O4S. The molecule has 1 N–H and O–H groups in total. The highest BCUT2D eigenvalue weighted by molar-refractivity contribution is 7.90. The van der Waals surface area contributed by atoms with Gasteiger partial charge < -0.3 is 15.0 Å². The van der Waals surface area contributed by atoms with E-state index < -0.39 is 32.8 Å². The van der Waals surface area contributed by atoms with Gasteiger partial charge in [-0.25, -0.2) is 27.2 Å². The van der Waals surface area contributed by atoms with Crippen molar-refractivity contribution in [2.24, 2.45) is 0 Å². The zero-order chi connectivity index (χ0) is 28.2. The number of hydrogen-bond donors (Lipinski definition) is 1. The molecule has 0 atom stereocenters. The van der Waals surface area contributed by atoms with Crippen LogP contribution in [0, 0.1) is 0 Å². The Morgan fingerprint density at radius 2 is 1.85 bits per heavy atom. The van der Waals surface area contributed by atoms with Crippen LogP contribution in [0.15, 0.2) is 59.8 Å². The molecule has 0 fully saturated rings. The molecule has 204 valence electrons. The summed E-state index contributed by atoms with van der Waals surface area (Å²) in [6.07, 6.45) is 0.223. The molecule has 4 heterocycles. The fraction of sp³-hybridized carbons (Fsp3) is 0.269. The number of fused-ring (bicyclic) bond motifs is 1. The van der Waals surface area contributed by atoms with Crippen molar-refractivity contribution in [2.45, 2.75) is 17.9 Å². The van der Waals surface area contributed by atoms with Gasteiger partial charge >= 0.3 is 0 Å². The molecule has 4 rings (SSSR count). The fourth-order valence-electron chi connectivity index (χ4n) is 3.73. The average molecular weight is 557 g/mol. The molecule has 0 aliphatic rings. The maximum absolute atomic E-state index is 13.2. The molecule has 0 saturated heterocycles. The van der Waals surface area contributed by atoms with Crippen LogP contribution in [-0.2, 0) is 21.1 Å². The molecule has 4 aromatic heterocycles. The highest BCUT2D eigenvalue weighted by Crippen LogP contribution is 2.25. The van der Waals surface area contributed by atoms with Gasteiger partial charge in [0.2, 0.25) is 0 Å². The molecule has 13 heteroatoms. The number of rotatable bonds is 10. The topological polar surface area (TPSA) is 127 Å². The first-order valence-electron chi connectivity index (χ1n) is 11.8. The summed E-state index contributed by atoms with van der Waals surface area (Å²) in [7, 11) is -0.451. The molecule has 0 bridgehead atoms. The third kappa shape index (κ3) is 6.67. The number of aromatic nitrogens is 4. The van der Waals surface area contributed by atoms with Gasteiger partial charge in [-0.1, -0.05) is 6.07 Å². The lowest BCUT2D eigenvalue weighted by atomic mass is 10.2. The van der Waals surface area contributed by atoms with Crippen LogP contribution in [0.4, 0.5) is 14.6 Å². The first kappa shape index (κ1) is 27.9. The third-order valence-electron chi connectivity index (χ3n) is 5.83. The van der Waals surface area contributed by atoms with Gasteiger partial charge in [-0.05, 0) is 36.4 Å². The number of anilines is 1. The van der Waals surface area contributed by atoms with E-state index in [1.807, 2.05) is 42.3 Å². The van der Waals surface area contributed by atoms with Crippen LogP contribution < -0.4 is 10.2 Å². The van der Waals surface area contributed by atoms with Gasteiger partial charge in [-0.15, -0.1) is 0 Å². The van der Waals surface area contributed by atoms with E-state index in [2.05, 4.69) is 15.3 Å². The number of pyridine rings is 4. The number of hydrogen-bond acceptors (Lipinski definition) is 9. The van der Waals surface area contributed by atoms with Gasteiger partial charge in [0.25, 0.3) is 12.3 Å². The molecule has 0 unspecified atom stereocenters. The zero-order valence-electron chi connectivity index (χ0n) is 21.4. The normalized spacial score (nSPS) is 11.6. The molecule has 0 aromatic carbocycles. The molecule has 10 nitrogen and oxygen atoms in total. The van der Waals surface area contributed by atoms with Crippen LogP contribution in [-0.4, -0.2) is 67.8 Å². The van der Waals surface area contributed by atoms with Gasteiger partial charge in [0.1, 0.15) is 11.5 Å². The lowest BCUT2D eigenvalue weighted by molar-refractivity contribution is 0.0948. The van der Waals surface area contributed by atoms with Crippen molar-refractivity contribution >= 4 is 32.5 Å². The van der Waals surface area contributed by atoms with Crippen LogP contribution in [0.1, 0.15) is 28.2 Å². The molecule has 39 heavy (non-hydrogen) atoms. The van der Waals surface area contributed by atoms with Crippen LogP contribution in [0.5, 0.6) is 0 Å². The lowest BCUT2D eigenvalue weighted by Gasteiger charge is -2.18. The Bertz CT molecular complexity index is 1620. The van der Waals surface area contributed by atoms with E-state index in [9.17, 15) is 22.0 Å². The van der Waals surface area contributed by atoms with Crippen molar-refractivity contribution in [2.75, 3.05) is 38.5 Å². The van der Waals surface area contributed by atoms with Crippen molar-refractivity contribution in [3.05, 3.63) is 71.8 Å². The largest absolute Gasteiger partial charge is 0.383 e. The Labute approximate surface area is 224 Å². The van der Waals surface area contributed by atoms with E-state index >= 15 is 0 Å². The second-order valence-corrected chi connectivity index (χ2v) is 10.7. The second kappa shape index (κ2) is 11.7. The number of sulfone groups is 1. The zero-order valence-corrected chi connectivity index (χ0v) is 22.2. The first-order valence-corrected chi connectivity index (χ1v) is 13.7. The molecule has 4 aromatic rings. The van der Waals surface area contributed by atoms with E-state index in [4.69, 9.17) is 14.7 Å². The molecule has 0 aliphatic carbocycles. The molecule has 0 spiro atoms. The van der Waals surface area contributed by atoms with E-state index in [0.717, 1.165) is 29.7 Å². The SMILES string of the molecule is COCCN(C)c1cccc(-c2ccc3cnc(CNC(=O)c4cnc(C(F)F)c(S(C)(=O)=O)c4)cc3n2)n1. The van der Waals surface area contributed by atoms with Crippen molar-refractivity contribution in [1.82, 2.24) is 25.3 Å². The number of likely N-dealkylation sites (N-methyl/N-ethyl adjacent to an activating group) is 1. The molecular weight excluding hydrogens is 530 g/mol. The molecule has 0 saturated carbocycles. The summed E-state index contributed by atoms with van der Waals surface area (Å²) in [4.78, 5) is 31.2. The average Bonchev–Trinajstić information content (AvgIpc) is 2.93. The second-order valence-electron chi connectivity index (χ2n) is 8.72. The number of ether oxygens (including phenoxy) is 1. The van der Waals surface area contributed by atoms with Crippen LogP contribution in [0.25, 0.3) is 22.3 Å². The minimum atomic E-state index is -4.02. The molecule has 0 aliphatic heterocycles. The van der Waals surface area contributed by atoms with E-state index in [1.165, 1.54) is 0 Å². The van der Waals surface area contributed by atoms with Gasteiger partial charge in [0.15, 0.2) is 9.84 Å². The van der Waals surface area contributed by atoms with E-state index in [1.54, 1.807) is 19.4 Å². The number of amides is 1. The minimum Gasteiger partial charge on any atom is -0.383 e.